The second-order valence-electron chi connectivity index (χ2n) is 27.2. The predicted molar refractivity (Wildman–Crippen MR) is 339 cm³/mol. The number of carbonyl (C=O) groups is 3. The van der Waals surface area contributed by atoms with Crippen LogP contribution >= 0.6 is 0 Å². The fourth-order valence-corrected chi connectivity index (χ4v) is 10.9. The molecule has 3 atom stereocenters. The Kier molecular flexibility index (Phi) is 18.9. The Hall–Kier alpha value is -7.85. The van der Waals surface area contributed by atoms with Gasteiger partial charge in [-0.2, -0.15) is 0 Å². The van der Waals surface area contributed by atoms with E-state index in [-0.39, 0.29) is 109 Å². The van der Waals surface area contributed by atoms with Gasteiger partial charge in [0.25, 0.3) is 17.7 Å². The van der Waals surface area contributed by atoms with Gasteiger partial charge in [0.15, 0.2) is 19.8 Å². The van der Waals surface area contributed by atoms with E-state index in [2.05, 4.69) is 148 Å². The van der Waals surface area contributed by atoms with Crippen molar-refractivity contribution in [2.24, 2.45) is 0 Å². The number of fused-ring (bicyclic) bond motifs is 8. The van der Waals surface area contributed by atoms with Crippen molar-refractivity contribution in [1.29, 1.82) is 0 Å². The molecular weight excluding hydrogens is 1040 g/mol. The quantitative estimate of drug-likeness (QED) is 0.0803. The van der Waals surface area contributed by atoms with Crippen molar-refractivity contribution in [3.63, 3.8) is 0 Å². The summed E-state index contributed by atoms with van der Waals surface area (Å²) in [6, 6.07) is 46.0. The lowest BCUT2D eigenvalue weighted by molar-refractivity contribution is -0.124. The van der Waals surface area contributed by atoms with Crippen molar-refractivity contribution in [1.82, 2.24) is 16.0 Å². The van der Waals surface area contributed by atoms with Crippen molar-refractivity contribution >= 4 is 17.7 Å². The molecule has 0 aliphatic heterocycles. The van der Waals surface area contributed by atoms with Crippen LogP contribution in [0, 0.1) is 0 Å². The van der Waals surface area contributed by atoms with Crippen LogP contribution in [-0.4, -0.2) is 42.6 Å². The van der Waals surface area contributed by atoms with Gasteiger partial charge < -0.3 is 35.3 Å². The maximum absolute atomic E-state index is 14.2. The van der Waals surface area contributed by atoms with E-state index < -0.39 is 0 Å². The summed E-state index contributed by atoms with van der Waals surface area (Å²) in [7, 11) is 0. The third-order valence-corrected chi connectivity index (χ3v) is 16.1. The summed E-state index contributed by atoms with van der Waals surface area (Å²) >= 11 is 0. The molecule has 10 heteroatoms. The summed E-state index contributed by atoms with van der Waals surface area (Å²) in [5, 5.41) is 22.4. The fraction of sp³-hybridized carbons (Fsp3) is 0.392. The van der Waals surface area contributed by atoms with Crippen molar-refractivity contribution in [3.05, 3.63) is 223 Å². The summed E-state index contributed by atoms with van der Waals surface area (Å²) < 4.78 is 20.9. The van der Waals surface area contributed by atoms with Crippen LogP contribution in [0.25, 0.3) is 0 Å². The number of phenolic OH excluding ortho intramolecular Hbond substituents is 1. The molecule has 0 unspecified atom stereocenters. The molecule has 0 heterocycles. The van der Waals surface area contributed by atoms with Gasteiger partial charge in [0, 0.05) is 25.7 Å². The van der Waals surface area contributed by atoms with Gasteiger partial charge >= 0.3 is 0 Å². The highest BCUT2D eigenvalue weighted by Crippen LogP contribution is 2.44. The molecule has 0 saturated heterocycles. The highest BCUT2D eigenvalue weighted by atomic mass is 16.5. The van der Waals surface area contributed by atoms with E-state index in [1.165, 1.54) is 0 Å². The summed E-state index contributed by atoms with van der Waals surface area (Å²) in [5.74, 6) is 0.933. The molecule has 10 nitrogen and oxygen atoms in total. The van der Waals surface area contributed by atoms with Crippen LogP contribution in [0.5, 0.6) is 23.0 Å². The molecule has 1 aliphatic carbocycles. The molecule has 8 bridgehead atoms. The molecule has 8 rings (SSSR count). The Morgan fingerprint density at radius 1 is 0.369 bits per heavy atom. The lowest BCUT2D eigenvalue weighted by atomic mass is 9.79. The number of ether oxygens (including phenoxy) is 3. The monoisotopic (exact) mass is 1130 g/mol. The first-order valence-corrected chi connectivity index (χ1v) is 29.8. The normalized spacial score (nSPS) is 13.9. The SMILES string of the molecule is C[C@H](NC(=O)COc1c2cc(C(C)(C)C)cc1Cc1cc(C(C)(C)C)cc(c1OCC(=O)N[C@@H](C)c1ccccc1)Cc1cc(C(C)(C)C)cc(c1OCC(=O)N[C@@H](C)c1ccccc1)Cc1cc(C(C)(C)C)cc(c1O)C2)c1ccccc1. The molecule has 0 saturated carbocycles. The second-order valence-corrected chi connectivity index (χ2v) is 27.2. The van der Waals surface area contributed by atoms with Crippen LogP contribution in [0.1, 0.15) is 205 Å². The maximum Gasteiger partial charge on any atom is 0.258 e. The minimum absolute atomic E-state index is 0.150. The van der Waals surface area contributed by atoms with Gasteiger partial charge in [-0.1, -0.05) is 223 Å². The average Bonchev–Trinajstić information content (AvgIpc) is 1.55. The number of benzene rings is 7. The highest BCUT2D eigenvalue weighted by Gasteiger charge is 2.30. The number of aromatic hydroxyl groups is 1. The number of hydrogen-bond acceptors (Lipinski definition) is 7. The fourth-order valence-electron chi connectivity index (χ4n) is 10.9. The molecule has 0 aromatic heterocycles. The zero-order chi connectivity index (χ0) is 60.9. The van der Waals surface area contributed by atoms with E-state index in [4.69, 9.17) is 14.2 Å². The van der Waals surface area contributed by atoms with E-state index in [1.807, 2.05) is 112 Å². The molecule has 4 N–H and O–H groups in total. The van der Waals surface area contributed by atoms with Crippen molar-refractivity contribution in [3.8, 4) is 23.0 Å². The van der Waals surface area contributed by atoms with Gasteiger partial charge in [0.05, 0.1) is 18.1 Å². The number of nitrogens with one attached hydrogen (secondary N) is 3. The van der Waals surface area contributed by atoms with Crippen LogP contribution < -0.4 is 30.2 Å². The maximum atomic E-state index is 14.2. The summed E-state index contributed by atoms with van der Waals surface area (Å²) in [6.45, 7) is 31.3. The Morgan fingerprint density at radius 3 is 0.786 bits per heavy atom. The second kappa shape index (κ2) is 25.6. The minimum atomic E-state index is -0.354. The molecule has 0 radical (unpaired) electrons. The van der Waals surface area contributed by atoms with E-state index in [9.17, 15) is 19.5 Å². The van der Waals surface area contributed by atoms with Crippen LogP contribution in [-0.2, 0) is 61.7 Å². The molecule has 442 valence electrons. The van der Waals surface area contributed by atoms with Crippen LogP contribution in [0.3, 0.4) is 0 Å². The van der Waals surface area contributed by atoms with Crippen molar-refractivity contribution in [2.75, 3.05) is 19.8 Å². The average molecular weight is 1130 g/mol. The largest absolute Gasteiger partial charge is 0.507 e. The summed E-state index contributed by atoms with van der Waals surface area (Å²) in [5.41, 5.74) is 12.1. The van der Waals surface area contributed by atoms with E-state index in [0.29, 0.717) is 28.4 Å². The third-order valence-electron chi connectivity index (χ3n) is 16.1. The lowest BCUT2D eigenvalue weighted by Crippen LogP contribution is -2.32. The van der Waals surface area contributed by atoms with Crippen LogP contribution in [0.4, 0.5) is 0 Å². The molecule has 0 spiro atoms. The first-order chi connectivity index (χ1) is 39.5. The molecule has 7 aromatic carbocycles. The molecular formula is C74H89N3O7. The zero-order valence-corrected chi connectivity index (χ0v) is 52.4. The van der Waals surface area contributed by atoms with Gasteiger partial charge in [-0.15, -0.1) is 0 Å². The zero-order valence-electron chi connectivity index (χ0n) is 52.4. The smallest absolute Gasteiger partial charge is 0.258 e. The predicted octanol–water partition coefficient (Wildman–Crippen LogP) is 15.0. The Balaban J connectivity index is 1.37. The number of amides is 3. The minimum Gasteiger partial charge on any atom is -0.507 e. The van der Waals surface area contributed by atoms with Crippen LogP contribution in [0.2, 0.25) is 0 Å². The van der Waals surface area contributed by atoms with Gasteiger partial charge in [-0.25, -0.2) is 0 Å². The molecule has 1 aliphatic rings. The molecule has 3 amide bonds. The van der Waals surface area contributed by atoms with E-state index in [1.54, 1.807) is 0 Å². The molecule has 0 fully saturated rings. The van der Waals surface area contributed by atoms with Crippen molar-refractivity contribution < 1.29 is 33.7 Å². The van der Waals surface area contributed by atoms with E-state index in [0.717, 1.165) is 72.3 Å². The van der Waals surface area contributed by atoms with Crippen molar-refractivity contribution in [2.45, 2.75) is 169 Å². The molecule has 84 heavy (non-hydrogen) atoms. The first-order valence-electron chi connectivity index (χ1n) is 29.8. The summed E-state index contributed by atoms with van der Waals surface area (Å²) in [6.07, 6.45) is 1.12. The lowest BCUT2D eigenvalue weighted by Gasteiger charge is -2.29. The van der Waals surface area contributed by atoms with Gasteiger partial charge in [-0.05, 0) is 126 Å². The molecule has 7 aromatic rings. The third kappa shape index (κ3) is 15.7. The van der Waals surface area contributed by atoms with Gasteiger partial charge in [0.2, 0.25) is 0 Å². The summed E-state index contributed by atoms with van der Waals surface area (Å²) in [4.78, 5) is 42.5. The van der Waals surface area contributed by atoms with Gasteiger partial charge in [-0.3, -0.25) is 14.4 Å². The van der Waals surface area contributed by atoms with Gasteiger partial charge in [0.1, 0.15) is 23.0 Å². The Morgan fingerprint density at radius 2 is 0.571 bits per heavy atom. The standard InChI is InChI=1S/C74H89N3O7/c1-46(49-25-19-16-20-26-49)75-64(78)43-82-68-54-31-52-35-60(71(4,5)6)36-53(67(52)81)32-55-38-62(73(10,11)12)40-57(69(55)83-44-65(79)76-47(2)50-27-21-17-22-28-50)34-59-42-63(74(13,14)15)41-58(33-56(68)39-61(37-54)72(7,8)9)70(59)84-45-66(80)77-48(3)51-29-23-18-24-30-51/h16-30,35-42,46-48,81H,31-34,43-45H2,1-15H3,(H,75,78)(H,76,79)(H,77,80)/t46-,47-,48-/m0/s1. The first kappa shape index (κ1) is 62.2. The Bertz CT molecular complexity index is 3290. The number of rotatable bonds is 15. The van der Waals surface area contributed by atoms with E-state index >= 15 is 0 Å². The highest BCUT2D eigenvalue weighted by molar-refractivity contribution is 5.79. The number of hydrogen-bond donors (Lipinski definition) is 4. The number of phenols is 1. The van der Waals surface area contributed by atoms with Crippen LogP contribution in [0.15, 0.2) is 140 Å². The topological polar surface area (TPSA) is 135 Å². The Labute approximate surface area is 500 Å². The number of carbonyl (C=O) groups excluding carboxylic acids is 3.